The lowest BCUT2D eigenvalue weighted by Gasteiger charge is -2.30. The highest BCUT2D eigenvalue weighted by molar-refractivity contribution is 5.02. The predicted molar refractivity (Wildman–Crippen MR) is 71.4 cm³/mol. The Morgan fingerprint density at radius 3 is 2.78 bits per heavy atom. The van der Waals surface area contributed by atoms with Gasteiger partial charge in [0.05, 0.1) is 6.04 Å². The average Bonchev–Trinajstić information content (AvgIpc) is 2.84. The van der Waals surface area contributed by atoms with Crippen molar-refractivity contribution >= 4 is 0 Å². The van der Waals surface area contributed by atoms with Crippen molar-refractivity contribution in [3.05, 3.63) is 11.6 Å². The Bertz CT molecular complexity index is 392. The van der Waals surface area contributed by atoms with Gasteiger partial charge in [-0.1, -0.05) is 26.2 Å². The average molecular weight is 248 g/mol. The van der Waals surface area contributed by atoms with Gasteiger partial charge in [0.1, 0.15) is 5.82 Å². The fourth-order valence-electron chi connectivity index (χ4n) is 3.26. The number of rotatable bonds is 3. The van der Waals surface area contributed by atoms with E-state index >= 15 is 0 Å². The van der Waals surface area contributed by atoms with Gasteiger partial charge in [0.25, 0.3) is 0 Å². The van der Waals surface area contributed by atoms with Gasteiger partial charge < -0.3 is 5.32 Å². The smallest absolute Gasteiger partial charge is 0.150 e. The van der Waals surface area contributed by atoms with Gasteiger partial charge in [0.2, 0.25) is 0 Å². The molecule has 1 fully saturated rings. The maximum absolute atomic E-state index is 4.71. The van der Waals surface area contributed by atoms with E-state index in [1.54, 1.807) is 0 Å². The normalized spacial score (nSPS) is 25.1. The molecule has 1 saturated carbocycles. The summed E-state index contributed by atoms with van der Waals surface area (Å²) in [5, 5.41) is 8.41. The van der Waals surface area contributed by atoms with Crippen molar-refractivity contribution in [1.82, 2.24) is 20.1 Å². The Kier molecular flexibility index (Phi) is 3.64. The van der Waals surface area contributed by atoms with Crippen LogP contribution in [-0.4, -0.2) is 20.8 Å². The van der Waals surface area contributed by atoms with Crippen LogP contribution < -0.4 is 5.32 Å². The molecular weight excluding hydrogens is 224 g/mol. The second-order valence-electron chi connectivity index (χ2n) is 5.66. The highest BCUT2D eigenvalue weighted by atomic mass is 15.4. The predicted octanol–water partition coefficient (Wildman–Crippen LogP) is 2.60. The van der Waals surface area contributed by atoms with Crippen LogP contribution >= 0.6 is 0 Å². The molecule has 1 N–H and O–H groups in total. The molecule has 2 aliphatic rings. The quantitative estimate of drug-likeness (QED) is 0.894. The Hall–Kier alpha value is -0.900. The van der Waals surface area contributed by atoms with Gasteiger partial charge in [-0.2, -0.15) is 5.10 Å². The molecule has 3 rings (SSSR count). The van der Waals surface area contributed by atoms with Crippen LogP contribution in [0.2, 0.25) is 0 Å². The molecule has 0 aromatic carbocycles. The van der Waals surface area contributed by atoms with E-state index in [2.05, 4.69) is 22.0 Å². The van der Waals surface area contributed by atoms with Crippen molar-refractivity contribution in [3.8, 4) is 0 Å². The molecule has 1 unspecified atom stereocenters. The molecule has 1 aliphatic heterocycles. The van der Waals surface area contributed by atoms with Gasteiger partial charge >= 0.3 is 0 Å². The number of aryl methyl sites for hydroxylation is 2. The third-order valence-corrected chi connectivity index (χ3v) is 4.28. The number of hydrogen-bond donors (Lipinski definition) is 1. The van der Waals surface area contributed by atoms with E-state index in [1.165, 1.54) is 50.8 Å². The molecule has 0 saturated heterocycles. The van der Waals surface area contributed by atoms with Crippen molar-refractivity contribution in [2.75, 3.05) is 0 Å². The van der Waals surface area contributed by atoms with E-state index in [-0.39, 0.29) is 0 Å². The van der Waals surface area contributed by atoms with E-state index < -0.39 is 0 Å². The van der Waals surface area contributed by atoms with Crippen molar-refractivity contribution in [2.45, 2.75) is 76.9 Å². The molecule has 0 spiro atoms. The van der Waals surface area contributed by atoms with E-state index in [4.69, 9.17) is 4.98 Å². The maximum Gasteiger partial charge on any atom is 0.150 e. The van der Waals surface area contributed by atoms with Crippen molar-refractivity contribution in [2.24, 2.45) is 0 Å². The fourth-order valence-corrected chi connectivity index (χ4v) is 3.26. The Morgan fingerprint density at radius 2 is 2.00 bits per heavy atom. The first-order chi connectivity index (χ1) is 8.86. The van der Waals surface area contributed by atoms with Gasteiger partial charge in [-0.25, -0.2) is 9.67 Å². The zero-order valence-corrected chi connectivity index (χ0v) is 11.4. The zero-order chi connectivity index (χ0) is 12.4. The highest BCUT2D eigenvalue weighted by Crippen LogP contribution is 2.26. The van der Waals surface area contributed by atoms with Crippen LogP contribution in [0.4, 0.5) is 0 Å². The summed E-state index contributed by atoms with van der Waals surface area (Å²) < 4.78 is 2.13. The molecular formula is C14H24N4. The molecule has 0 radical (unpaired) electrons. The number of aromatic nitrogens is 3. The van der Waals surface area contributed by atoms with Gasteiger partial charge in [0.15, 0.2) is 5.82 Å². The van der Waals surface area contributed by atoms with Gasteiger partial charge in [0, 0.05) is 19.0 Å². The Balaban J connectivity index is 1.71. The summed E-state index contributed by atoms with van der Waals surface area (Å²) >= 11 is 0. The minimum Gasteiger partial charge on any atom is -0.305 e. The number of nitrogens with zero attached hydrogens (tertiary/aromatic N) is 3. The first kappa shape index (κ1) is 12.2. The molecule has 18 heavy (non-hydrogen) atoms. The molecule has 0 amide bonds. The van der Waals surface area contributed by atoms with Crippen LogP contribution in [0.25, 0.3) is 0 Å². The molecule has 4 heteroatoms. The highest BCUT2D eigenvalue weighted by Gasteiger charge is 2.26. The summed E-state index contributed by atoms with van der Waals surface area (Å²) in [6.45, 7) is 3.18. The van der Waals surface area contributed by atoms with E-state index in [9.17, 15) is 0 Å². The molecule has 4 nitrogen and oxygen atoms in total. The lowest BCUT2D eigenvalue weighted by Crippen LogP contribution is -2.37. The second-order valence-corrected chi connectivity index (χ2v) is 5.66. The maximum atomic E-state index is 4.71. The largest absolute Gasteiger partial charge is 0.305 e. The van der Waals surface area contributed by atoms with Crippen LogP contribution in [0.15, 0.2) is 0 Å². The summed E-state index contributed by atoms with van der Waals surface area (Å²) in [6, 6.07) is 1.15. The molecule has 0 bridgehead atoms. The van der Waals surface area contributed by atoms with Crippen LogP contribution in [0.1, 0.15) is 69.6 Å². The summed E-state index contributed by atoms with van der Waals surface area (Å²) in [5.41, 5.74) is 0. The third-order valence-electron chi connectivity index (χ3n) is 4.28. The summed E-state index contributed by atoms with van der Waals surface area (Å²) in [7, 11) is 0. The SMILES string of the molecule is CCc1nc2n(n1)CCCC2NC1CCCCC1. The van der Waals surface area contributed by atoms with Crippen LogP contribution in [0, 0.1) is 0 Å². The standard InChI is InChI=1S/C14H24N4/c1-2-13-16-14-12(9-6-10-18(14)17-13)15-11-7-4-3-5-8-11/h11-12,15H,2-10H2,1H3. The van der Waals surface area contributed by atoms with Crippen LogP contribution in [-0.2, 0) is 13.0 Å². The van der Waals surface area contributed by atoms with E-state index in [0.717, 1.165) is 18.8 Å². The number of hydrogen-bond acceptors (Lipinski definition) is 3. The third kappa shape index (κ3) is 2.44. The van der Waals surface area contributed by atoms with Crippen molar-refractivity contribution in [1.29, 1.82) is 0 Å². The van der Waals surface area contributed by atoms with E-state index in [1.807, 2.05) is 0 Å². The minimum atomic E-state index is 0.439. The molecule has 1 aromatic heterocycles. The van der Waals surface area contributed by atoms with E-state index in [0.29, 0.717) is 12.1 Å². The van der Waals surface area contributed by atoms with Crippen molar-refractivity contribution < 1.29 is 0 Å². The van der Waals surface area contributed by atoms with Gasteiger partial charge in [-0.3, -0.25) is 0 Å². The first-order valence-corrected chi connectivity index (χ1v) is 7.56. The van der Waals surface area contributed by atoms with Crippen LogP contribution in [0.5, 0.6) is 0 Å². The fraction of sp³-hybridized carbons (Fsp3) is 0.857. The number of nitrogens with one attached hydrogen (secondary N) is 1. The first-order valence-electron chi connectivity index (χ1n) is 7.56. The Morgan fingerprint density at radius 1 is 1.17 bits per heavy atom. The summed E-state index contributed by atoms with van der Waals surface area (Å²) in [6.07, 6.45) is 10.3. The van der Waals surface area contributed by atoms with Crippen molar-refractivity contribution in [3.63, 3.8) is 0 Å². The molecule has 1 aliphatic carbocycles. The molecule has 1 atom stereocenters. The lowest BCUT2D eigenvalue weighted by atomic mass is 9.94. The Labute approximate surface area is 109 Å². The number of fused-ring (bicyclic) bond motifs is 1. The summed E-state index contributed by atoms with van der Waals surface area (Å²) in [5.74, 6) is 2.19. The molecule has 2 heterocycles. The van der Waals surface area contributed by atoms with Gasteiger partial charge in [-0.15, -0.1) is 0 Å². The topological polar surface area (TPSA) is 42.7 Å². The zero-order valence-electron chi connectivity index (χ0n) is 11.4. The molecule has 100 valence electrons. The monoisotopic (exact) mass is 248 g/mol. The summed E-state index contributed by atoms with van der Waals surface area (Å²) in [4.78, 5) is 4.71. The van der Waals surface area contributed by atoms with Crippen LogP contribution in [0.3, 0.4) is 0 Å². The van der Waals surface area contributed by atoms with Gasteiger partial charge in [-0.05, 0) is 25.7 Å². The lowest BCUT2D eigenvalue weighted by molar-refractivity contribution is 0.291. The minimum absolute atomic E-state index is 0.439. The molecule has 1 aromatic rings. The second kappa shape index (κ2) is 5.39.